The summed E-state index contributed by atoms with van der Waals surface area (Å²) in [5.41, 5.74) is 1.98. The Balaban J connectivity index is 1.68. The Morgan fingerprint density at radius 3 is 2.38 bits per heavy atom. The van der Waals surface area contributed by atoms with Crippen LogP contribution in [0.25, 0.3) is 0 Å². The van der Waals surface area contributed by atoms with E-state index in [1.807, 2.05) is 6.92 Å². The largest absolute Gasteiger partial charge is 0.325 e. The number of nitrogens with one attached hydrogen (secondary N) is 2. The van der Waals surface area contributed by atoms with Crippen LogP contribution in [-0.4, -0.2) is 46.2 Å². The van der Waals surface area contributed by atoms with E-state index in [1.165, 1.54) is 10.4 Å². The molecule has 0 aromatic heterocycles. The highest BCUT2D eigenvalue weighted by Gasteiger charge is 2.39. The number of carbonyl (C=O) groups excluding carboxylic acids is 1. The highest BCUT2D eigenvalue weighted by molar-refractivity contribution is 7.89. The molecule has 0 unspecified atom stereocenters. The lowest BCUT2D eigenvalue weighted by atomic mass is 10.2. The van der Waals surface area contributed by atoms with Crippen LogP contribution in [-0.2, 0) is 30.6 Å². The summed E-state index contributed by atoms with van der Waals surface area (Å²) >= 11 is 0. The lowest BCUT2D eigenvalue weighted by Gasteiger charge is -2.23. The van der Waals surface area contributed by atoms with Gasteiger partial charge in [0.25, 0.3) is 0 Å². The van der Waals surface area contributed by atoms with E-state index in [0.29, 0.717) is 24.1 Å². The first-order valence-electron chi connectivity index (χ1n) is 10.2. The fourth-order valence-electron chi connectivity index (χ4n) is 3.50. The second kappa shape index (κ2) is 9.95. The van der Waals surface area contributed by atoms with Crippen LogP contribution in [0.1, 0.15) is 24.0 Å². The van der Waals surface area contributed by atoms with Crippen molar-refractivity contribution in [2.45, 2.75) is 36.5 Å². The molecule has 1 heterocycles. The van der Waals surface area contributed by atoms with Crippen molar-refractivity contribution in [2.24, 2.45) is 0 Å². The zero-order valence-corrected chi connectivity index (χ0v) is 19.5. The van der Waals surface area contributed by atoms with Gasteiger partial charge in [-0.3, -0.25) is 4.79 Å². The van der Waals surface area contributed by atoms with E-state index in [-0.39, 0.29) is 23.7 Å². The van der Waals surface area contributed by atoms with Crippen molar-refractivity contribution in [1.82, 2.24) is 9.03 Å². The fourth-order valence-corrected chi connectivity index (χ4v) is 6.26. The minimum absolute atomic E-state index is 0.153. The van der Waals surface area contributed by atoms with Crippen LogP contribution in [0, 0.1) is 6.92 Å². The summed E-state index contributed by atoms with van der Waals surface area (Å²) in [6.07, 6.45) is 2.49. The van der Waals surface area contributed by atoms with Gasteiger partial charge in [0, 0.05) is 18.8 Å². The average molecular weight is 478 g/mol. The average Bonchev–Trinajstić information content (AvgIpc) is 3.25. The molecule has 0 aliphatic carbocycles. The van der Waals surface area contributed by atoms with Crippen LogP contribution >= 0.6 is 0 Å². The number of carbonyl (C=O) groups is 1. The summed E-state index contributed by atoms with van der Waals surface area (Å²) in [6.45, 7) is 5.78. The first-order valence-corrected chi connectivity index (χ1v) is 13.3. The summed E-state index contributed by atoms with van der Waals surface area (Å²) in [7, 11) is -7.27. The number of amides is 1. The van der Waals surface area contributed by atoms with Crippen molar-refractivity contribution in [3.63, 3.8) is 0 Å². The molecule has 0 spiro atoms. The maximum absolute atomic E-state index is 13.0. The van der Waals surface area contributed by atoms with Crippen molar-refractivity contribution >= 4 is 31.6 Å². The molecule has 3 rings (SSSR count). The Hall–Kier alpha value is -2.53. The predicted octanol–water partition coefficient (Wildman–Crippen LogP) is 2.39. The molecule has 2 aromatic rings. The fraction of sp³-hybridized carbons (Fsp3) is 0.318. The number of anilines is 1. The Bertz CT molecular complexity index is 1180. The van der Waals surface area contributed by atoms with E-state index < -0.39 is 32.0 Å². The number of hydrogen-bond acceptors (Lipinski definition) is 5. The summed E-state index contributed by atoms with van der Waals surface area (Å²) in [4.78, 5) is 13.0. The lowest BCUT2D eigenvalue weighted by Crippen LogP contribution is -2.43. The number of sulfonamides is 2. The predicted molar refractivity (Wildman–Crippen MR) is 124 cm³/mol. The van der Waals surface area contributed by atoms with E-state index in [2.05, 4.69) is 16.6 Å². The standard InChI is InChI=1S/C22H27N3O5S2/c1-3-14-23-31(27,28)16-18-8-10-19(11-9-18)24-22(26)21-5-4-15-25(21)32(29,30)20-12-6-17(2)7-13-20/h3,6-13,21,23H,1,4-5,14-16H2,2H3,(H,24,26)/t21-/m0/s1. The van der Waals surface area contributed by atoms with Gasteiger partial charge in [-0.15, -0.1) is 6.58 Å². The second-order valence-electron chi connectivity index (χ2n) is 7.67. The SMILES string of the molecule is C=CCNS(=O)(=O)Cc1ccc(NC(=O)[C@@H]2CCCN2S(=O)(=O)c2ccc(C)cc2)cc1. The van der Waals surface area contributed by atoms with Crippen molar-refractivity contribution in [3.8, 4) is 0 Å². The van der Waals surface area contributed by atoms with Crippen molar-refractivity contribution < 1.29 is 21.6 Å². The first-order chi connectivity index (χ1) is 15.1. The van der Waals surface area contributed by atoms with Gasteiger partial charge in [0.15, 0.2) is 0 Å². The maximum atomic E-state index is 13.0. The molecule has 1 fully saturated rings. The van der Waals surface area contributed by atoms with Crippen LogP contribution in [0.3, 0.4) is 0 Å². The quantitative estimate of drug-likeness (QED) is 0.539. The minimum Gasteiger partial charge on any atom is -0.325 e. The number of hydrogen-bond donors (Lipinski definition) is 2. The van der Waals surface area contributed by atoms with Gasteiger partial charge in [-0.1, -0.05) is 35.9 Å². The number of benzene rings is 2. The van der Waals surface area contributed by atoms with Crippen LogP contribution in [0.4, 0.5) is 5.69 Å². The van der Waals surface area contributed by atoms with Crippen LogP contribution in [0.5, 0.6) is 0 Å². The smallest absolute Gasteiger partial charge is 0.243 e. The molecule has 10 heteroatoms. The van der Waals surface area contributed by atoms with Gasteiger partial charge in [0.2, 0.25) is 26.0 Å². The third-order valence-electron chi connectivity index (χ3n) is 5.16. The van der Waals surface area contributed by atoms with Crippen LogP contribution in [0.15, 0.2) is 66.1 Å². The van der Waals surface area contributed by atoms with Crippen molar-refractivity contribution in [2.75, 3.05) is 18.4 Å². The Morgan fingerprint density at radius 2 is 1.75 bits per heavy atom. The van der Waals surface area contributed by atoms with E-state index in [1.54, 1.807) is 48.5 Å². The van der Waals surface area contributed by atoms with Gasteiger partial charge in [0.05, 0.1) is 10.6 Å². The summed E-state index contributed by atoms with van der Waals surface area (Å²) < 4.78 is 53.7. The van der Waals surface area contributed by atoms with Crippen LogP contribution in [0.2, 0.25) is 0 Å². The second-order valence-corrected chi connectivity index (χ2v) is 11.4. The van der Waals surface area contributed by atoms with Gasteiger partial charge >= 0.3 is 0 Å². The molecule has 0 saturated carbocycles. The first kappa shape index (κ1) is 24.1. The molecule has 0 bridgehead atoms. The van der Waals surface area contributed by atoms with Gasteiger partial charge in [0.1, 0.15) is 6.04 Å². The van der Waals surface area contributed by atoms with E-state index in [4.69, 9.17) is 0 Å². The van der Waals surface area contributed by atoms with Gasteiger partial charge < -0.3 is 5.32 Å². The summed E-state index contributed by atoms with van der Waals surface area (Å²) in [5.74, 6) is -0.605. The molecule has 1 aliphatic heterocycles. The Morgan fingerprint density at radius 1 is 1.09 bits per heavy atom. The molecule has 0 radical (unpaired) electrons. The highest BCUT2D eigenvalue weighted by Crippen LogP contribution is 2.27. The van der Waals surface area contributed by atoms with E-state index in [0.717, 1.165) is 5.56 Å². The molecule has 1 saturated heterocycles. The van der Waals surface area contributed by atoms with E-state index in [9.17, 15) is 21.6 Å². The van der Waals surface area contributed by atoms with Gasteiger partial charge in [-0.2, -0.15) is 4.31 Å². The highest BCUT2D eigenvalue weighted by atomic mass is 32.2. The molecule has 2 aromatic carbocycles. The molecule has 1 atom stereocenters. The van der Waals surface area contributed by atoms with Gasteiger partial charge in [-0.25, -0.2) is 21.6 Å². The molecule has 1 aliphatic rings. The topological polar surface area (TPSA) is 113 Å². The molecule has 1 amide bonds. The molecular formula is C22H27N3O5S2. The summed E-state index contributed by atoms with van der Waals surface area (Å²) in [6, 6.07) is 12.2. The Kier molecular flexibility index (Phi) is 7.50. The third kappa shape index (κ3) is 5.83. The van der Waals surface area contributed by atoms with Crippen molar-refractivity contribution in [3.05, 3.63) is 72.3 Å². The normalized spacial score (nSPS) is 17.2. The molecule has 2 N–H and O–H groups in total. The molecule has 172 valence electrons. The molecule has 8 nitrogen and oxygen atoms in total. The molecular weight excluding hydrogens is 450 g/mol. The maximum Gasteiger partial charge on any atom is 0.243 e. The monoisotopic (exact) mass is 477 g/mol. The van der Waals surface area contributed by atoms with Crippen LogP contribution < -0.4 is 10.0 Å². The Labute approximate surface area is 189 Å². The number of aryl methyl sites for hydroxylation is 1. The summed E-state index contributed by atoms with van der Waals surface area (Å²) in [5, 5.41) is 2.75. The zero-order valence-electron chi connectivity index (χ0n) is 17.8. The minimum atomic E-state index is -3.78. The number of rotatable bonds is 9. The zero-order chi connectivity index (χ0) is 23.4. The molecule has 32 heavy (non-hydrogen) atoms. The van der Waals surface area contributed by atoms with Crippen molar-refractivity contribution in [1.29, 1.82) is 0 Å². The lowest BCUT2D eigenvalue weighted by molar-refractivity contribution is -0.119. The third-order valence-corrected chi connectivity index (χ3v) is 8.40. The van der Waals surface area contributed by atoms with E-state index >= 15 is 0 Å². The number of nitrogens with zero attached hydrogens (tertiary/aromatic N) is 1. The van der Waals surface area contributed by atoms with Gasteiger partial charge in [-0.05, 0) is 49.6 Å².